The molecular formula is C22H36N2O3. The molecule has 1 unspecified atom stereocenters. The van der Waals surface area contributed by atoms with E-state index in [-0.39, 0.29) is 12.0 Å². The molecule has 1 aromatic carbocycles. The summed E-state index contributed by atoms with van der Waals surface area (Å²) in [6.07, 6.45) is 7.66. The molecule has 1 amide bonds. The predicted molar refractivity (Wildman–Crippen MR) is 111 cm³/mol. The highest BCUT2D eigenvalue weighted by Gasteiger charge is 2.23. The topological polar surface area (TPSA) is 42.0 Å². The maximum atomic E-state index is 12.6. The van der Waals surface area contributed by atoms with Crippen molar-refractivity contribution >= 4 is 11.6 Å². The summed E-state index contributed by atoms with van der Waals surface area (Å²) >= 11 is 0. The summed E-state index contributed by atoms with van der Waals surface area (Å²) < 4.78 is 11.0. The second-order valence-corrected chi connectivity index (χ2v) is 7.29. The number of unbranched alkanes of at least 4 members (excludes halogenated alkanes) is 3. The number of hydrogen-bond donors (Lipinski definition) is 0. The molecule has 0 radical (unpaired) electrons. The van der Waals surface area contributed by atoms with Gasteiger partial charge in [0.05, 0.1) is 18.9 Å². The lowest BCUT2D eigenvalue weighted by atomic mass is 10.0. The molecule has 27 heavy (non-hydrogen) atoms. The summed E-state index contributed by atoms with van der Waals surface area (Å²) in [5.74, 6) is 1.15. The lowest BCUT2D eigenvalue weighted by Crippen LogP contribution is -2.49. The first-order valence-electron chi connectivity index (χ1n) is 10.4. The summed E-state index contributed by atoms with van der Waals surface area (Å²) in [6.45, 7) is 5.45. The zero-order valence-electron chi connectivity index (χ0n) is 17.3. The summed E-state index contributed by atoms with van der Waals surface area (Å²) in [6, 6.07) is 8.08. The van der Waals surface area contributed by atoms with Crippen molar-refractivity contribution < 1.29 is 14.3 Å². The molecular weight excluding hydrogens is 340 g/mol. The fourth-order valence-electron chi connectivity index (χ4n) is 3.71. The number of rotatable bonds is 11. The molecule has 1 saturated heterocycles. The monoisotopic (exact) mass is 376 g/mol. The van der Waals surface area contributed by atoms with Crippen LogP contribution < -0.4 is 9.64 Å². The second-order valence-electron chi connectivity index (χ2n) is 7.29. The minimum atomic E-state index is 0.209. The summed E-state index contributed by atoms with van der Waals surface area (Å²) in [5.41, 5.74) is 1.11. The Morgan fingerprint density at radius 3 is 2.44 bits per heavy atom. The van der Waals surface area contributed by atoms with Crippen LogP contribution in [0.25, 0.3) is 0 Å². The van der Waals surface area contributed by atoms with Crippen LogP contribution in [-0.2, 0) is 9.53 Å². The van der Waals surface area contributed by atoms with E-state index in [9.17, 15) is 4.79 Å². The van der Waals surface area contributed by atoms with Crippen molar-refractivity contribution in [3.8, 4) is 5.75 Å². The highest BCUT2D eigenvalue weighted by atomic mass is 16.5. The maximum absolute atomic E-state index is 12.6. The van der Waals surface area contributed by atoms with Gasteiger partial charge < -0.3 is 19.3 Å². The van der Waals surface area contributed by atoms with Crippen LogP contribution in [0.2, 0.25) is 0 Å². The zero-order chi connectivity index (χ0) is 19.5. The number of methoxy groups -OCH3 is 2. The summed E-state index contributed by atoms with van der Waals surface area (Å²) in [7, 11) is 3.47. The van der Waals surface area contributed by atoms with Gasteiger partial charge in [0.25, 0.3) is 0 Å². The van der Waals surface area contributed by atoms with E-state index in [0.717, 1.165) is 50.5 Å². The van der Waals surface area contributed by atoms with E-state index in [1.807, 2.05) is 23.1 Å². The van der Waals surface area contributed by atoms with E-state index in [2.05, 4.69) is 17.9 Å². The third-order valence-corrected chi connectivity index (χ3v) is 5.45. The largest absolute Gasteiger partial charge is 0.495 e. The van der Waals surface area contributed by atoms with E-state index in [1.165, 1.54) is 25.7 Å². The molecule has 0 saturated carbocycles. The second kappa shape index (κ2) is 11.9. The average Bonchev–Trinajstić information content (AvgIpc) is 2.73. The number of carbonyl (C=O) groups is 1. The van der Waals surface area contributed by atoms with Crippen molar-refractivity contribution in [2.24, 2.45) is 0 Å². The molecule has 152 valence electrons. The number of para-hydroxylation sites is 2. The number of piperazine rings is 1. The van der Waals surface area contributed by atoms with Crippen LogP contribution in [0.15, 0.2) is 24.3 Å². The Bertz CT molecular complexity index is 556. The van der Waals surface area contributed by atoms with Gasteiger partial charge in [0.2, 0.25) is 5.91 Å². The lowest BCUT2D eigenvalue weighted by molar-refractivity contribution is -0.132. The van der Waals surface area contributed by atoms with Gasteiger partial charge in [-0.05, 0) is 25.0 Å². The molecule has 1 fully saturated rings. The van der Waals surface area contributed by atoms with Crippen molar-refractivity contribution in [2.75, 3.05) is 45.3 Å². The van der Waals surface area contributed by atoms with Crippen molar-refractivity contribution in [3.05, 3.63) is 24.3 Å². The van der Waals surface area contributed by atoms with E-state index in [4.69, 9.17) is 9.47 Å². The van der Waals surface area contributed by atoms with E-state index < -0.39 is 0 Å². The Hall–Kier alpha value is -1.75. The van der Waals surface area contributed by atoms with E-state index >= 15 is 0 Å². The quantitative estimate of drug-likeness (QED) is 0.545. The zero-order valence-corrected chi connectivity index (χ0v) is 17.3. The number of anilines is 1. The van der Waals surface area contributed by atoms with Gasteiger partial charge >= 0.3 is 0 Å². The number of hydrogen-bond acceptors (Lipinski definition) is 4. The van der Waals surface area contributed by atoms with Gasteiger partial charge in [-0.15, -0.1) is 0 Å². The van der Waals surface area contributed by atoms with Crippen molar-refractivity contribution in [1.82, 2.24) is 4.90 Å². The molecule has 1 aromatic rings. The number of amides is 1. The molecule has 0 aromatic heterocycles. The number of benzene rings is 1. The van der Waals surface area contributed by atoms with Crippen LogP contribution in [-0.4, -0.2) is 57.3 Å². The van der Waals surface area contributed by atoms with Crippen LogP contribution in [0, 0.1) is 0 Å². The van der Waals surface area contributed by atoms with Gasteiger partial charge in [-0.2, -0.15) is 0 Å². The van der Waals surface area contributed by atoms with Crippen molar-refractivity contribution in [3.63, 3.8) is 0 Å². The van der Waals surface area contributed by atoms with E-state index in [1.54, 1.807) is 14.2 Å². The molecule has 0 aliphatic carbocycles. The van der Waals surface area contributed by atoms with Gasteiger partial charge in [0, 0.05) is 39.7 Å². The van der Waals surface area contributed by atoms with Gasteiger partial charge in [-0.1, -0.05) is 44.7 Å². The molecule has 2 rings (SSSR count). The average molecular weight is 377 g/mol. The highest BCUT2D eigenvalue weighted by molar-refractivity contribution is 5.76. The minimum Gasteiger partial charge on any atom is -0.495 e. The summed E-state index contributed by atoms with van der Waals surface area (Å²) in [5, 5.41) is 0. The van der Waals surface area contributed by atoms with Gasteiger partial charge in [0.15, 0.2) is 0 Å². The Morgan fingerprint density at radius 1 is 1.04 bits per heavy atom. The molecule has 0 spiro atoms. The minimum absolute atomic E-state index is 0.209. The molecule has 1 atom stereocenters. The SMILES string of the molecule is CCCCCCC(CCC(=O)N1CCN(c2ccccc2OC)CC1)OC. The van der Waals surface area contributed by atoms with Crippen molar-refractivity contribution in [1.29, 1.82) is 0 Å². The van der Waals surface area contributed by atoms with Gasteiger partial charge in [-0.3, -0.25) is 4.79 Å². The Labute approximate surface area is 164 Å². The molecule has 1 aliphatic rings. The molecule has 1 aliphatic heterocycles. The lowest BCUT2D eigenvalue weighted by Gasteiger charge is -2.36. The number of nitrogens with zero attached hydrogens (tertiary/aromatic N) is 2. The van der Waals surface area contributed by atoms with E-state index in [0.29, 0.717) is 6.42 Å². The smallest absolute Gasteiger partial charge is 0.222 e. The molecule has 1 heterocycles. The normalized spacial score (nSPS) is 15.7. The Kier molecular flexibility index (Phi) is 9.46. The van der Waals surface area contributed by atoms with Crippen LogP contribution in [0.1, 0.15) is 51.9 Å². The summed E-state index contributed by atoms with van der Waals surface area (Å²) in [4.78, 5) is 16.9. The first kappa shape index (κ1) is 21.5. The third-order valence-electron chi connectivity index (χ3n) is 5.45. The number of carbonyl (C=O) groups excluding carboxylic acids is 1. The van der Waals surface area contributed by atoms with Gasteiger partial charge in [-0.25, -0.2) is 0 Å². The fourth-order valence-corrected chi connectivity index (χ4v) is 3.71. The Morgan fingerprint density at radius 2 is 1.78 bits per heavy atom. The Balaban J connectivity index is 1.74. The maximum Gasteiger partial charge on any atom is 0.222 e. The van der Waals surface area contributed by atoms with Crippen LogP contribution in [0.5, 0.6) is 5.75 Å². The van der Waals surface area contributed by atoms with Crippen molar-refractivity contribution in [2.45, 2.75) is 58.0 Å². The molecule has 5 heteroatoms. The predicted octanol–water partition coefficient (Wildman–Crippen LogP) is 4.11. The number of ether oxygens (including phenoxy) is 2. The fraction of sp³-hybridized carbons (Fsp3) is 0.682. The first-order chi connectivity index (χ1) is 13.2. The molecule has 0 bridgehead atoms. The first-order valence-corrected chi connectivity index (χ1v) is 10.4. The molecule has 5 nitrogen and oxygen atoms in total. The van der Waals surface area contributed by atoms with Gasteiger partial charge in [0.1, 0.15) is 5.75 Å². The standard InChI is InChI=1S/C22H36N2O3/c1-4-5-6-7-10-19(26-2)13-14-22(25)24-17-15-23(16-18-24)20-11-8-9-12-21(20)27-3/h8-9,11-12,19H,4-7,10,13-18H2,1-3H3. The third kappa shape index (κ3) is 6.73. The molecule has 0 N–H and O–H groups in total. The van der Waals surface area contributed by atoms with Crippen LogP contribution >= 0.6 is 0 Å². The highest BCUT2D eigenvalue weighted by Crippen LogP contribution is 2.28. The van der Waals surface area contributed by atoms with Crippen LogP contribution in [0.4, 0.5) is 5.69 Å². The van der Waals surface area contributed by atoms with Crippen LogP contribution in [0.3, 0.4) is 0 Å².